The molecule has 1 fully saturated rings. The number of carbonyl (C=O) groups excluding carboxylic acids is 1. The summed E-state index contributed by atoms with van der Waals surface area (Å²) >= 11 is 2.91. The summed E-state index contributed by atoms with van der Waals surface area (Å²) in [6, 6.07) is -0.110. The molecule has 0 aromatic carbocycles. The Bertz CT molecular complexity index is 568. The molecule has 0 unspecified atom stereocenters. The van der Waals surface area contributed by atoms with Crippen molar-refractivity contribution in [1.29, 1.82) is 0 Å². The lowest BCUT2D eigenvalue weighted by Gasteiger charge is -2.20. The second-order valence-electron chi connectivity index (χ2n) is 5.63. The molecule has 2 rings (SSSR count). The van der Waals surface area contributed by atoms with Crippen molar-refractivity contribution >= 4 is 21.8 Å². The number of amides is 1. The van der Waals surface area contributed by atoms with Crippen LogP contribution in [0.5, 0.6) is 0 Å². The molecule has 0 radical (unpaired) electrons. The van der Waals surface area contributed by atoms with Crippen LogP contribution in [0.2, 0.25) is 0 Å². The van der Waals surface area contributed by atoms with Crippen molar-refractivity contribution in [3.63, 3.8) is 0 Å². The topological polar surface area (TPSA) is 56.2 Å². The summed E-state index contributed by atoms with van der Waals surface area (Å²) in [5.41, 5.74) is -0.625. The number of aromatic nitrogens is 2. The van der Waals surface area contributed by atoms with E-state index in [1.165, 1.54) is 11.6 Å². The lowest BCUT2D eigenvalue weighted by Crippen LogP contribution is -2.41. The second-order valence-corrected chi connectivity index (χ2v) is 6.42. The molecular formula is C14H19BrF3N3O2. The molecule has 5 nitrogen and oxygen atoms in total. The van der Waals surface area contributed by atoms with Crippen LogP contribution in [0.15, 0.2) is 4.47 Å². The molecule has 1 aliphatic heterocycles. The Labute approximate surface area is 140 Å². The largest absolute Gasteiger partial charge is 0.436 e. The number of nitrogens with zero attached hydrogens (tertiary/aromatic N) is 2. The van der Waals surface area contributed by atoms with Crippen LogP contribution >= 0.6 is 15.9 Å². The van der Waals surface area contributed by atoms with Crippen molar-refractivity contribution < 1.29 is 22.7 Å². The van der Waals surface area contributed by atoms with E-state index in [1.807, 2.05) is 6.92 Å². The molecule has 0 spiro atoms. The van der Waals surface area contributed by atoms with Gasteiger partial charge in [0.15, 0.2) is 5.69 Å². The molecule has 23 heavy (non-hydrogen) atoms. The minimum absolute atomic E-state index is 0.0105. The highest BCUT2D eigenvalue weighted by molar-refractivity contribution is 9.10. The van der Waals surface area contributed by atoms with Gasteiger partial charge in [0.25, 0.3) is 0 Å². The van der Waals surface area contributed by atoms with Gasteiger partial charge in [-0.3, -0.25) is 9.48 Å². The number of nitrogens with one attached hydrogen (secondary N) is 1. The lowest BCUT2D eigenvalue weighted by atomic mass is 10.1. The maximum absolute atomic E-state index is 12.8. The summed E-state index contributed by atoms with van der Waals surface area (Å²) < 4.78 is 45.0. The van der Waals surface area contributed by atoms with Gasteiger partial charge < -0.3 is 10.1 Å². The van der Waals surface area contributed by atoms with Crippen molar-refractivity contribution in [3.05, 3.63) is 15.9 Å². The number of halogens is 4. The fraction of sp³-hybridized carbons (Fsp3) is 0.714. The minimum atomic E-state index is -4.52. The smallest absolute Gasteiger partial charge is 0.376 e. The number of hydrogen-bond donors (Lipinski definition) is 1. The molecule has 1 aromatic rings. The van der Waals surface area contributed by atoms with E-state index in [9.17, 15) is 18.0 Å². The average molecular weight is 398 g/mol. The molecule has 0 aliphatic carbocycles. The third-order valence-electron chi connectivity index (χ3n) is 3.86. The van der Waals surface area contributed by atoms with Crippen LogP contribution in [0.3, 0.4) is 0 Å². The summed E-state index contributed by atoms with van der Waals surface area (Å²) in [6.45, 7) is 4.18. The van der Waals surface area contributed by atoms with Gasteiger partial charge >= 0.3 is 6.18 Å². The quantitative estimate of drug-likeness (QED) is 0.830. The molecule has 0 bridgehead atoms. The summed E-state index contributed by atoms with van der Waals surface area (Å²) in [5, 5.41) is 6.37. The number of ether oxygens (including phenoxy) is 1. The van der Waals surface area contributed by atoms with Gasteiger partial charge in [-0.2, -0.15) is 18.3 Å². The third kappa shape index (κ3) is 4.47. The fourth-order valence-electron chi connectivity index (χ4n) is 2.55. The molecule has 1 amide bonds. The first-order valence-electron chi connectivity index (χ1n) is 7.41. The van der Waals surface area contributed by atoms with Crippen molar-refractivity contribution in [2.75, 3.05) is 6.61 Å². The Morgan fingerprint density at radius 3 is 2.78 bits per heavy atom. The van der Waals surface area contributed by atoms with Gasteiger partial charge in [-0.15, -0.1) is 0 Å². The monoisotopic (exact) mass is 397 g/mol. The van der Waals surface area contributed by atoms with E-state index < -0.39 is 11.9 Å². The molecular weight excluding hydrogens is 379 g/mol. The molecule has 0 saturated carbocycles. The fourth-order valence-corrected chi connectivity index (χ4v) is 3.06. The van der Waals surface area contributed by atoms with Gasteiger partial charge in [0, 0.05) is 13.0 Å². The summed E-state index contributed by atoms with van der Waals surface area (Å²) in [7, 11) is 0. The van der Waals surface area contributed by atoms with E-state index in [1.54, 1.807) is 0 Å². The summed E-state index contributed by atoms with van der Waals surface area (Å²) in [4.78, 5) is 11.9. The van der Waals surface area contributed by atoms with Crippen molar-refractivity contribution in [2.45, 2.75) is 58.0 Å². The molecule has 130 valence electrons. The van der Waals surface area contributed by atoms with Crippen LogP contribution in [0.1, 0.15) is 37.6 Å². The van der Waals surface area contributed by atoms with Gasteiger partial charge in [0.1, 0.15) is 0 Å². The number of carbonyl (C=O) groups is 1. The predicted octanol–water partition coefficient (Wildman–Crippen LogP) is 3.05. The number of alkyl halides is 3. The highest BCUT2D eigenvalue weighted by atomic mass is 79.9. The molecule has 1 saturated heterocycles. The number of hydrogen-bond acceptors (Lipinski definition) is 3. The second kappa shape index (κ2) is 7.21. The van der Waals surface area contributed by atoms with E-state index >= 15 is 0 Å². The lowest BCUT2D eigenvalue weighted by molar-refractivity contribution is -0.142. The van der Waals surface area contributed by atoms with Gasteiger partial charge in [-0.1, -0.05) is 0 Å². The Hall–Kier alpha value is -1.09. The molecule has 1 N–H and O–H groups in total. The Balaban J connectivity index is 1.91. The molecule has 1 aromatic heterocycles. The normalized spacial score (nSPS) is 19.8. The zero-order valence-corrected chi connectivity index (χ0v) is 14.5. The predicted molar refractivity (Wildman–Crippen MR) is 80.9 cm³/mol. The van der Waals surface area contributed by atoms with Gasteiger partial charge in [-0.05, 0) is 42.6 Å². The van der Waals surface area contributed by atoms with E-state index in [2.05, 4.69) is 26.3 Å². The zero-order chi connectivity index (χ0) is 17.2. The average Bonchev–Trinajstić information content (AvgIpc) is 3.07. The van der Waals surface area contributed by atoms with Gasteiger partial charge in [-0.25, -0.2) is 0 Å². The molecule has 2 heterocycles. The van der Waals surface area contributed by atoms with E-state index in [-0.39, 0.29) is 35.5 Å². The molecule has 1 aliphatic rings. The SMILES string of the molecule is Cc1c(Br)c(C(F)(F)F)nn1CCC(=O)N[C@@H](C)[C@H]1CCCO1. The van der Waals surface area contributed by atoms with Crippen LogP contribution in [-0.4, -0.2) is 34.4 Å². The Morgan fingerprint density at radius 2 is 2.26 bits per heavy atom. The standard InChI is InChI=1S/C14H19BrF3N3O2/c1-8(10-4-3-7-23-10)19-11(22)5-6-21-9(2)12(15)13(20-21)14(16,17)18/h8,10H,3-7H2,1-2H3,(H,19,22)/t8-,10+/m0/s1. The first-order valence-corrected chi connectivity index (χ1v) is 8.20. The maximum Gasteiger partial charge on any atom is 0.436 e. The van der Waals surface area contributed by atoms with Crippen molar-refractivity contribution in [2.24, 2.45) is 0 Å². The van der Waals surface area contributed by atoms with E-state index in [4.69, 9.17) is 4.74 Å². The first-order chi connectivity index (χ1) is 10.7. The maximum atomic E-state index is 12.8. The van der Waals surface area contributed by atoms with E-state index in [0.29, 0.717) is 12.3 Å². The highest BCUT2D eigenvalue weighted by Gasteiger charge is 2.37. The minimum Gasteiger partial charge on any atom is -0.376 e. The number of rotatable bonds is 5. The zero-order valence-electron chi connectivity index (χ0n) is 12.9. The van der Waals surface area contributed by atoms with Gasteiger partial charge in [0.05, 0.1) is 28.9 Å². The Morgan fingerprint density at radius 1 is 1.57 bits per heavy atom. The van der Waals surface area contributed by atoms with Crippen LogP contribution in [-0.2, 0) is 22.3 Å². The Kier molecular flexibility index (Phi) is 5.72. The van der Waals surface area contributed by atoms with Crippen LogP contribution < -0.4 is 5.32 Å². The summed E-state index contributed by atoms with van der Waals surface area (Å²) in [6.07, 6.45) is -2.57. The van der Waals surface area contributed by atoms with Crippen molar-refractivity contribution in [1.82, 2.24) is 15.1 Å². The first kappa shape index (κ1) is 18.3. The summed E-state index contributed by atoms with van der Waals surface area (Å²) in [5.74, 6) is -0.229. The van der Waals surface area contributed by atoms with E-state index in [0.717, 1.165) is 12.8 Å². The highest BCUT2D eigenvalue weighted by Crippen LogP contribution is 2.35. The third-order valence-corrected chi connectivity index (χ3v) is 4.81. The molecule has 9 heteroatoms. The molecule has 2 atom stereocenters. The van der Waals surface area contributed by atoms with Crippen LogP contribution in [0.4, 0.5) is 13.2 Å². The van der Waals surface area contributed by atoms with Crippen molar-refractivity contribution in [3.8, 4) is 0 Å². The number of aryl methyl sites for hydroxylation is 1. The van der Waals surface area contributed by atoms with Gasteiger partial charge in [0.2, 0.25) is 5.91 Å². The van der Waals surface area contributed by atoms with Crippen LogP contribution in [0.25, 0.3) is 0 Å². The van der Waals surface area contributed by atoms with Crippen LogP contribution in [0, 0.1) is 6.92 Å².